The zero-order chi connectivity index (χ0) is 22.4. The maximum Gasteiger partial charge on any atom is 0.404 e. The first-order valence-electron chi connectivity index (χ1n) is 9.25. The van der Waals surface area contributed by atoms with Gasteiger partial charge in [0.2, 0.25) is 0 Å². The van der Waals surface area contributed by atoms with Crippen LogP contribution in [0, 0.1) is 0 Å². The minimum Gasteiger partial charge on any atom is -0.456 e. The molecule has 1 amide bonds. The van der Waals surface area contributed by atoms with E-state index < -0.39 is 6.09 Å². The summed E-state index contributed by atoms with van der Waals surface area (Å²) in [5.74, 6) is 1.04. The third-order valence-electron chi connectivity index (χ3n) is 4.32. The first-order chi connectivity index (χ1) is 14.8. The molecule has 1 aromatic heterocycles. The lowest BCUT2D eigenvalue weighted by molar-refractivity contribution is 0.160. The number of carbonyl (C=O) groups is 1. The van der Waals surface area contributed by atoms with Gasteiger partial charge in [0, 0.05) is 18.5 Å². The number of nitrogens with zero attached hydrogens (tertiary/aromatic N) is 2. The number of nitrogens with one attached hydrogen (secondary N) is 1. The Bertz CT molecular complexity index is 1140. The van der Waals surface area contributed by atoms with Gasteiger partial charge < -0.3 is 20.1 Å². The molecule has 0 bridgehead atoms. The Morgan fingerprint density at radius 3 is 2.74 bits per heavy atom. The molecule has 0 radical (unpaired) electrons. The Hall–Kier alpha value is -3.23. The van der Waals surface area contributed by atoms with Crippen LogP contribution in [0.5, 0.6) is 11.5 Å². The molecular formula is C21H20Cl2N4O4. The number of carbonyl (C=O) groups excluding carboxylic acids is 1. The molecule has 0 spiro atoms. The van der Waals surface area contributed by atoms with Crippen LogP contribution in [0.4, 0.5) is 10.5 Å². The molecule has 10 heteroatoms. The van der Waals surface area contributed by atoms with Gasteiger partial charge in [0.15, 0.2) is 0 Å². The van der Waals surface area contributed by atoms with Crippen LogP contribution in [0.15, 0.2) is 53.3 Å². The zero-order valence-electron chi connectivity index (χ0n) is 16.6. The number of rotatable bonds is 8. The molecule has 0 fully saturated rings. The van der Waals surface area contributed by atoms with Crippen molar-refractivity contribution < 1.29 is 14.3 Å². The predicted molar refractivity (Wildman–Crippen MR) is 119 cm³/mol. The highest BCUT2D eigenvalue weighted by Crippen LogP contribution is 2.32. The standard InChI is InChI=1S/C21H20Cl2N4O4/c1-27(7-8-30-21(24)29)18-12-15(25-26-20(18)28)9-13-5-6-17(23)19(10-13)31-16-4-2-3-14(22)11-16/h2-6,10-12H,7-9H2,1H3,(H2,24,29)(H,26,28). The van der Waals surface area contributed by atoms with E-state index >= 15 is 0 Å². The van der Waals surface area contributed by atoms with Gasteiger partial charge in [0.05, 0.1) is 17.3 Å². The highest BCUT2D eigenvalue weighted by Gasteiger charge is 2.11. The fourth-order valence-corrected chi connectivity index (χ4v) is 3.15. The molecule has 162 valence electrons. The van der Waals surface area contributed by atoms with Crippen LogP contribution in [0.3, 0.4) is 0 Å². The molecule has 0 aliphatic heterocycles. The SMILES string of the molecule is CN(CCOC(N)=O)c1cc(Cc2ccc(Cl)c(Oc3cccc(Cl)c3)c2)n[nH]c1=O. The number of nitrogens with two attached hydrogens (primary N) is 1. The maximum absolute atomic E-state index is 12.2. The number of anilines is 1. The molecular weight excluding hydrogens is 443 g/mol. The molecule has 0 aliphatic carbocycles. The molecule has 0 atom stereocenters. The number of H-pyrrole nitrogens is 1. The van der Waals surface area contributed by atoms with Gasteiger partial charge in [-0.1, -0.05) is 35.3 Å². The number of amides is 1. The molecule has 3 N–H and O–H groups in total. The Morgan fingerprint density at radius 1 is 1.19 bits per heavy atom. The van der Waals surface area contributed by atoms with E-state index in [0.717, 1.165) is 5.56 Å². The smallest absolute Gasteiger partial charge is 0.404 e. The topological polar surface area (TPSA) is 111 Å². The van der Waals surface area contributed by atoms with Crippen molar-refractivity contribution in [2.75, 3.05) is 25.1 Å². The van der Waals surface area contributed by atoms with E-state index in [4.69, 9.17) is 38.4 Å². The van der Waals surface area contributed by atoms with Gasteiger partial charge in [-0.3, -0.25) is 4.79 Å². The van der Waals surface area contributed by atoms with E-state index in [1.807, 2.05) is 6.07 Å². The van der Waals surface area contributed by atoms with Crippen molar-refractivity contribution in [3.05, 3.63) is 80.2 Å². The van der Waals surface area contributed by atoms with E-state index in [0.29, 0.717) is 45.9 Å². The summed E-state index contributed by atoms with van der Waals surface area (Å²) in [6.07, 6.45) is -0.436. The van der Waals surface area contributed by atoms with E-state index in [9.17, 15) is 9.59 Å². The number of likely N-dealkylation sites (N-methyl/N-ethyl adjacent to an activating group) is 1. The largest absolute Gasteiger partial charge is 0.456 e. The lowest BCUT2D eigenvalue weighted by Gasteiger charge is -2.18. The molecule has 0 saturated heterocycles. The van der Waals surface area contributed by atoms with E-state index in [1.54, 1.807) is 54.4 Å². The van der Waals surface area contributed by atoms with Crippen molar-refractivity contribution in [2.45, 2.75) is 6.42 Å². The quantitative estimate of drug-likeness (QED) is 0.523. The summed E-state index contributed by atoms with van der Waals surface area (Å²) in [4.78, 5) is 24.5. The second-order valence-electron chi connectivity index (χ2n) is 6.66. The van der Waals surface area contributed by atoms with Gasteiger partial charge in [-0.15, -0.1) is 0 Å². The molecule has 3 aromatic rings. The van der Waals surface area contributed by atoms with Crippen LogP contribution in [-0.2, 0) is 11.2 Å². The molecule has 8 nitrogen and oxygen atoms in total. The van der Waals surface area contributed by atoms with E-state index in [1.165, 1.54) is 0 Å². The number of aromatic nitrogens is 2. The lowest BCUT2D eigenvalue weighted by atomic mass is 10.1. The summed E-state index contributed by atoms with van der Waals surface area (Å²) in [7, 11) is 1.71. The number of hydrogen-bond acceptors (Lipinski definition) is 6. The second-order valence-corrected chi connectivity index (χ2v) is 7.51. The molecule has 1 heterocycles. The molecule has 3 rings (SSSR count). The second kappa shape index (κ2) is 10.2. The van der Waals surface area contributed by atoms with Crippen molar-refractivity contribution in [2.24, 2.45) is 5.73 Å². The first-order valence-corrected chi connectivity index (χ1v) is 10.0. The summed E-state index contributed by atoms with van der Waals surface area (Å²) in [6.45, 7) is 0.359. The Labute approximate surface area is 188 Å². The van der Waals surface area contributed by atoms with Crippen molar-refractivity contribution >= 4 is 35.0 Å². The average Bonchev–Trinajstić information content (AvgIpc) is 2.71. The van der Waals surface area contributed by atoms with Crippen molar-refractivity contribution in [1.82, 2.24) is 10.2 Å². The van der Waals surface area contributed by atoms with Gasteiger partial charge in [-0.05, 0) is 42.0 Å². The highest BCUT2D eigenvalue weighted by atomic mass is 35.5. The number of ether oxygens (including phenoxy) is 2. The van der Waals surface area contributed by atoms with Gasteiger partial charge in [-0.25, -0.2) is 9.89 Å². The maximum atomic E-state index is 12.2. The number of primary amides is 1. The van der Waals surface area contributed by atoms with Crippen LogP contribution in [-0.4, -0.2) is 36.5 Å². The summed E-state index contributed by atoms with van der Waals surface area (Å²) in [5, 5.41) is 7.61. The van der Waals surface area contributed by atoms with Crippen molar-refractivity contribution in [3.63, 3.8) is 0 Å². The number of hydrogen-bond donors (Lipinski definition) is 2. The Balaban J connectivity index is 1.76. The highest BCUT2D eigenvalue weighted by molar-refractivity contribution is 6.32. The van der Waals surface area contributed by atoms with Crippen LogP contribution in [0.1, 0.15) is 11.3 Å². The molecule has 0 unspecified atom stereocenters. The molecule has 0 aliphatic rings. The zero-order valence-corrected chi connectivity index (χ0v) is 18.1. The van der Waals surface area contributed by atoms with Crippen LogP contribution in [0.2, 0.25) is 10.0 Å². The molecule has 2 aromatic carbocycles. The predicted octanol–water partition coefficient (Wildman–Crippen LogP) is 3.99. The van der Waals surface area contributed by atoms with Gasteiger partial charge in [0.25, 0.3) is 5.56 Å². The number of aromatic amines is 1. The minimum atomic E-state index is -0.865. The summed E-state index contributed by atoms with van der Waals surface area (Å²) in [6, 6.07) is 14.1. The first kappa shape index (κ1) is 22.5. The van der Waals surface area contributed by atoms with Gasteiger partial charge in [-0.2, -0.15) is 5.10 Å². The van der Waals surface area contributed by atoms with E-state index in [-0.39, 0.29) is 12.2 Å². The monoisotopic (exact) mass is 462 g/mol. The van der Waals surface area contributed by atoms with Crippen LogP contribution < -0.4 is 20.9 Å². The van der Waals surface area contributed by atoms with Gasteiger partial charge in [0.1, 0.15) is 23.8 Å². The van der Waals surface area contributed by atoms with Crippen LogP contribution >= 0.6 is 23.2 Å². The fourth-order valence-electron chi connectivity index (χ4n) is 2.82. The summed E-state index contributed by atoms with van der Waals surface area (Å²) >= 11 is 12.3. The summed E-state index contributed by atoms with van der Waals surface area (Å²) in [5.41, 5.74) is 6.50. The third kappa shape index (κ3) is 6.37. The van der Waals surface area contributed by atoms with Crippen LogP contribution in [0.25, 0.3) is 0 Å². The number of benzene rings is 2. The average molecular weight is 463 g/mol. The van der Waals surface area contributed by atoms with Crippen molar-refractivity contribution in [1.29, 1.82) is 0 Å². The Kier molecular flexibility index (Phi) is 7.38. The number of halogens is 2. The van der Waals surface area contributed by atoms with Crippen molar-refractivity contribution in [3.8, 4) is 11.5 Å². The van der Waals surface area contributed by atoms with Gasteiger partial charge >= 0.3 is 6.09 Å². The molecule has 0 saturated carbocycles. The minimum absolute atomic E-state index is 0.0598. The Morgan fingerprint density at radius 2 is 2.00 bits per heavy atom. The summed E-state index contributed by atoms with van der Waals surface area (Å²) < 4.78 is 10.6. The molecule has 31 heavy (non-hydrogen) atoms. The normalized spacial score (nSPS) is 10.5. The fraction of sp³-hybridized carbons (Fsp3) is 0.190. The third-order valence-corrected chi connectivity index (χ3v) is 4.87. The lowest BCUT2D eigenvalue weighted by Crippen LogP contribution is -2.30. The van der Waals surface area contributed by atoms with E-state index in [2.05, 4.69) is 10.2 Å².